The SMILES string of the molecule is CN1CCN(C[SH](C)C)CC1. The van der Waals surface area contributed by atoms with Gasteiger partial charge in [-0.1, -0.05) is 0 Å². The third-order valence-electron chi connectivity index (χ3n) is 2.08. The Morgan fingerprint density at radius 1 is 1.09 bits per heavy atom. The molecule has 1 heterocycles. The predicted molar refractivity (Wildman–Crippen MR) is 54.8 cm³/mol. The molecule has 1 fully saturated rings. The normalized spacial score (nSPS) is 23.7. The molecule has 68 valence electrons. The lowest BCUT2D eigenvalue weighted by atomic mass is 10.4. The van der Waals surface area contributed by atoms with Crippen molar-refractivity contribution in [2.75, 3.05) is 51.6 Å². The van der Waals surface area contributed by atoms with E-state index in [1.54, 1.807) is 0 Å². The van der Waals surface area contributed by atoms with Crippen LogP contribution in [0.3, 0.4) is 0 Å². The van der Waals surface area contributed by atoms with E-state index in [-0.39, 0.29) is 10.9 Å². The molecule has 0 radical (unpaired) electrons. The van der Waals surface area contributed by atoms with E-state index in [0.717, 1.165) is 0 Å². The third-order valence-corrected chi connectivity index (χ3v) is 3.04. The van der Waals surface area contributed by atoms with Crippen molar-refractivity contribution in [2.45, 2.75) is 0 Å². The molecule has 0 N–H and O–H groups in total. The maximum Gasteiger partial charge on any atom is 0.0262 e. The fraction of sp³-hybridized carbons (Fsp3) is 1.00. The van der Waals surface area contributed by atoms with E-state index in [4.69, 9.17) is 0 Å². The van der Waals surface area contributed by atoms with E-state index in [9.17, 15) is 0 Å². The minimum Gasteiger partial charge on any atom is -0.304 e. The second-order valence-corrected chi connectivity index (χ2v) is 6.08. The number of thiol groups is 1. The number of nitrogens with zero attached hydrogens (tertiary/aromatic N) is 2. The molecular weight excluding hydrogens is 156 g/mol. The summed E-state index contributed by atoms with van der Waals surface area (Å²) in [6.45, 7) is 5.06. The van der Waals surface area contributed by atoms with Crippen LogP contribution in [0.5, 0.6) is 0 Å². The summed E-state index contributed by atoms with van der Waals surface area (Å²) < 4.78 is 0. The van der Waals surface area contributed by atoms with Gasteiger partial charge in [0.25, 0.3) is 0 Å². The lowest BCUT2D eigenvalue weighted by Gasteiger charge is -2.33. The lowest BCUT2D eigenvalue weighted by Crippen LogP contribution is -2.44. The molecule has 0 aromatic heterocycles. The molecule has 1 saturated heterocycles. The summed E-state index contributed by atoms with van der Waals surface area (Å²) in [5.74, 6) is 1.34. The van der Waals surface area contributed by atoms with Crippen molar-refractivity contribution in [1.82, 2.24) is 9.80 Å². The van der Waals surface area contributed by atoms with E-state index in [1.165, 1.54) is 32.1 Å². The number of hydrogen-bond acceptors (Lipinski definition) is 2. The Hall–Kier alpha value is 0.270. The second-order valence-electron chi connectivity index (χ2n) is 3.64. The fourth-order valence-corrected chi connectivity index (χ4v) is 2.47. The molecule has 11 heavy (non-hydrogen) atoms. The van der Waals surface area contributed by atoms with Crippen molar-refractivity contribution in [3.05, 3.63) is 0 Å². The van der Waals surface area contributed by atoms with E-state index in [1.807, 2.05) is 0 Å². The summed E-state index contributed by atoms with van der Waals surface area (Å²) in [4.78, 5) is 5.00. The van der Waals surface area contributed by atoms with Gasteiger partial charge in [-0.25, -0.2) is 10.9 Å². The highest BCUT2D eigenvalue weighted by molar-refractivity contribution is 8.15. The van der Waals surface area contributed by atoms with Crippen molar-refractivity contribution in [3.8, 4) is 0 Å². The molecule has 0 aromatic rings. The van der Waals surface area contributed by atoms with E-state index in [2.05, 4.69) is 29.4 Å². The van der Waals surface area contributed by atoms with E-state index >= 15 is 0 Å². The van der Waals surface area contributed by atoms with Gasteiger partial charge in [0.05, 0.1) is 0 Å². The molecular formula is C8H20N2S. The minimum atomic E-state index is 0.270. The number of piperazine rings is 1. The van der Waals surface area contributed by atoms with Gasteiger partial charge < -0.3 is 4.90 Å². The number of hydrogen-bond donors (Lipinski definition) is 1. The Morgan fingerprint density at radius 3 is 2.09 bits per heavy atom. The van der Waals surface area contributed by atoms with Gasteiger partial charge in [-0.3, -0.25) is 4.90 Å². The van der Waals surface area contributed by atoms with Gasteiger partial charge in [-0.15, -0.1) is 0 Å². The van der Waals surface area contributed by atoms with Gasteiger partial charge >= 0.3 is 0 Å². The zero-order valence-electron chi connectivity index (χ0n) is 7.88. The van der Waals surface area contributed by atoms with Crippen LogP contribution >= 0.6 is 10.9 Å². The van der Waals surface area contributed by atoms with Gasteiger partial charge in [-0.2, -0.15) is 0 Å². The van der Waals surface area contributed by atoms with Crippen molar-refractivity contribution in [3.63, 3.8) is 0 Å². The fourth-order valence-electron chi connectivity index (χ4n) is 1.39. The summed E-state index contributed by atoms with van der Waals surface area (Å²) in [6.07, 6.45) is 4.71. The zero-order chi connectivity index (χ0) is 8.27. The average Bonchev–Trinajstić information content (AvgIpc) is 1.93. The summed E-state index contributed by atoms with van der Waals surface area (Å²) in [5, 5.41) is 0. The Balaban J connectivity index is 2.17. The average molecular weight is 176 g/mol. The lowest BCUT2D eigenvalue weighted by molar-refractivity contribution is 0.174. The molecule has 3 heteroatoms. The van der Waals surface area contributed by atoms with Gasteiger partial charge in [0.15, 0.2) is 0 Å². The third kappa shape index (κ3) is 3.45. The minimum absolute atomic E-state index is 0.270. The molecule has 0 aliphatic carbocycles. The molecule has 1 aliphatic rings. The highest BCUT2D eigenvalue weighted by atomic mass is 32.2. The Kier molecular flexibility index (Phi) is 3.69. The Bertz CT molecular complexity index is 109. The summed E-state index contributed by atoms with van der Waals surface area (Å²) in [6, 6.07) is 0. The predicted octanol–water partition coefficient (Wildman–Crippen LogP) is 0.452. The maximum atomic E-state index is 2.59. The molecule has 0 atom stereocenters. The van der Waals surface area contributed by atoms with Gasteiger partial charge in [0.1, 0.15) is 0 Å². The highest BCUT2D eigenvalue weighted by Crippen LogP contribution is 2.15. The first-order valence-electron chi connectivity index (χ1n) is 4.24. The standard InChI is InChI=1S/C8H20N2S/c1-9-4-6-10(7-5-9)8-11(2)3/h11H,4-8H2,1-3H3. The molecule has 0 saturated carbocycles. The van der Waals surface area contributed by atoms with Crippen LogP contribution in [-0.2, 0) is 0 Å². The first-order chi connectivity index (χ1) is 5.18. The van der Waals surface area contributed by atoms with Crippen molar-refractivity contribution in [1.29, 1.82) is 0 Å². The zero-order valence-corrected chi connectivity index (χ0v) is 8.77. The van der Waals surface area contributed by atoms with Gasteiger partial charge in [0, 0.05) is 32.1 Å². The largest absolute Gasteiger partial charge is 0.304 e. The monoisotopic (exact) mass is 176 g/mol. The highest BCUT2D eigenvalue weighted by Gasteiger charge is 2.12. The number of likely N-dealkylation sites (N-methyl/N-ethyl adjacent to an activating group) is 1. The summed E-state index contributed by atoms with van der Waals surface area (Å²) >= 11 is 0. The first-order valence-corrected chi connectivity index (χ1v) is 6.66. The Labute approximate surface area is 72.9 Å². The smallest absolute Gasteiger partial charge is 0.0262 e. The molecule has 1 aliphatic heterocycles. The molecule has 0 unspecified atom stereocenters. The van der Waals surface area contributed by atoms with E-state index < -0.39 is 0 Å². The molecule has 0 aromatic carbocycles. The molecule has 0 spiro atoms. The van der Waals surface area contributed by atoms with Crippen LogP contribution in [0.15, 0.2) is 0 Å². The van der Waals surface area contributed by atoms with Crippen LogP contribution in [0.1, 0.15) is 0 Å². The van der Waals surface area contributed by atoms with Crippen LogP contribution in [0, 0.1) is 0 Å². The molecule has 1 rings (SSSR count). The van der Waals surface area contributed by atoms with Crippen molar-refractivity contribution in [2.24, 2.45) is 0 Å². The van der Waals surface area contributed by atoms with Crippen LogP contribution in [-0.4, -0.2) is 61.4 Å². The first kappa shape index (κ1) is 9.36. The van der Waals surface area contributed by atoms with Gasteiger partial charge in [-0.05, 0) is 19.6 Å². The van der Waals surface area contributed by atoms with E-state index in [0.29, 0.717) is 0 Å². The van der Waals surface area contributed by atoms with Gasteiger partial charge in [0.2, 0.25) is 0 Å². The topological polar surface area (TPSA) is 6.48 Å². The summed E-state index contributed by atoms with van der Waals surface area (Å²) in [5.41, 5.74) is 0. The Morgan fingerprint density at radius 2 is 1.64 bits per heavy atom. The quantitative estimate of drug-likeness (QED) is 0.610. The molecule has 0 bridgehead atoms. The second kappa shape index (κ2) is 4.33. The van der Waals surface area contributed by atoms with Crippen molar-refractivity contribution < 1.29 is 0 Å². The van der Waals surface area contributed by atoms with Crippen molar-refractivity contribution >= 4 is 10.9 Å². The maximum absolute atomic E-state index is 2.59. The van der Waals surface area contributed by atoms with Crippen LogP contribution in [0.2, 0.25) is 0 Å². The molecule has 2 nitrogen and oxygen atoms in total. The number of rotatable bonds is 2. The van der Waals surface area contributed by atoms with Crippen LogP contribution in [0.25, 0.3) is 0 Å². The van der Waals surface area contributed by atoms with Crippen LogP contribution < -0.4 is 0 Å². The summed E-state index contributed by atoms with van der Waals surface area (Å²) in [7, 11) is 2.48. The molecule has 0 amide bonds. The van der Waals surface area contributed by atoms with Crippen LogP contribution in [0.4, 0.5) is 0 Å².